The van der Waals surface area contributed by atoms with E-state index < -0.39 is 6.10 Å². The minimum absolute atomic E-state index is 0.0704. The van der Waals surface area contributed by atoms with Crippen molar-refractivity contribution in [3.05, 3.63) is 70.3 Å². The first-order valence-electron chi connectivity index (χ1n) is 8.74. The molecule has 0 unspecified atom stereocenters. The van der Waals surface area contributed by atoms with E-state index in [2.05, 4.69) is 19.9 Å². The molecule has 1 fully saturated rings. The zero-order valence-electron chi connectivity index (χ0n) is 14.6. The van der Waals surface area contributed by atoms with Gasteiger partial charge in [-0.3, -0.25) is 24.1 Å². The van der Waals surface area contributed by atoms with Crippen molar-refractivity contribution in [3.63, 3.8) is 0 Å². The highest BCUT2D eigenvalue weighted by molar-refractivity contribution is 5.40. The van der Waals surface area contributed by atoms with Gasteiger partial charge < -0.3 is 5.11 Å². The molecule has 0 amide bonds. The third-order valence-corrected chi connectivity index (χ3v) is 4.89. The number of rotatable bonds is 4. The van der Waals surface area contributed by atoms with Crippen molar-refractivity contribution in [1.82, 2.24) is 24.3 Å². The van der Waals surface area contributed by atoms with E-state index in [-0.39, 0.29) is 11.5 Å². The predicted octanol–water partition coefficient (Wildman–Crippen LogP) is 0.828. The Balaban J connectivity index is 1.50. The quantitative estimate of drug-likeness (QED) is 0.750. The number of aromatic nitrogens is 4. The van der Waals surface area contributed by atoms with Crippen molar-refractivity contribution in [3.8, 4) is 0 Å². The Hall–Kier alpha value is -2.64. The second-order valence-electron chi connectivity index (χ2n) is 6.87. The first-order chi connectivity index (χ1) is 12.6. The van der Waals surface area contributed by atoms with Crippen molar-refractivity contribution >= 4 is 5.65 Å². The summed E-state index contributed by atoms with van der Waals surface area (Å²) in [5, 5.41) is 10.4. The summed E-state index contributed by atoms with van der Waals surface area (Å²) < 4.78 is 1.61. The Morgan fingerprint density at radius 2 is 2.12 bits per heavy atom. The fourth-order valence-electron chi connectivity index (χ4n) is 3.65. The first-order valence-corrected chi connectivity index (χ1v) is 8.74. The second-order valence-corrected chi connectivity index (χ2v) is 6.87. The van der Waals surface area contributed by atoms with E-state index >= 15 is 0 Å². The van der Waals surface area contributed by atoms with Crippen LogP contribution in [0, 0.1) is 12.8 Å². The molecule has 7 nitrogen and oxygen atoms in total. The minimum Gasteiger partial charge on any atom is -0.391 e. The monoisotopic (exact) mass is 351 g/mol. The van der Waals surface area contributed by atoms with Gasteiger partial charge in [0.1, 0.15) is 5.65 Å². The van der Waals surface area contributed by atoms with Crippen LogP contribution in [0.15, 0.2) is 47.7 Å². The Kier molecular flexibility index (Phi) is 4.48. The van der Waals surface area contributed by atoms with Crippen LogP contribution in [-0.2, 0) is 13.0 Å². The molecule has 1 aliphatic heterocycles. The van der Waals surface area contributed by atoms with Crippen LogP contribution < -0.4 is 5.56 Å². The number of aliphatic hydroxyl groups excluding tert-OH is 1. The van der Waals surface area contributed by atoms with Crippen LogP contribution in [0.2, 0.25) is 0 Å². The summed E-state index contributed by atoms with van der Waals surface area (Å²) in [4.78, 5) is 27.5. The summed E-state index contributed by atoms with van der Waals surface area (Å²) >= 11 is 0. The van der Waals surface area contributed by atoms with E-state index in [1.165, 1.54) is 0 Å². The normalized spacial score (nSPS) is 20.7. The van der Waals surface area contributed by atoms with Gasteiger partial charge in [-0.1, -0.05) is 6.07 Å². The summed E-state index contributed by atoms with van der Waals surface area (Å²) in [5.74, 6) is 0.107. The first kappa shape index (κ1) is 16.8. The fourth-order valence-corrected chi connectivity index (χ4v) is 3.65. The molecule has 0 saturated carbocycles. The molecule has 0 aromatic carbocycles. The molecular formula is C19H21N5O2. The average Bonchev–Trinajstić information content (AvgIpc) is 2.94. The molecule has 26 heavy (non-hydrogen) atoms. The van der Waals surface area contributed by atoms with Crippen LogP contribution in [0.25, 0.3) is 5.65 Å². The molecule has 1 aliphatic rings. The summed E-state index contributed by atoms with van der Waals surface area (Å²) in [6.45, 7) is 3.75. The minimum atomic E-state index is -0.416. The highest BCUT2D eigenvalue weighted by atomic mass is 16.3. The lowest BCUT2D eigenvalue weighted by atomic mass is 10.0. The van der Waals surface area contributed by atoms with E-state index in [0.717, 1.165) is 23.6 Å². The maximum absolute atomic E-state index is 12.4. The molecular weight excluding hydrogens is 330 g/mol. The molecule has 3 aromatic rings. The number of aliphatic hydroxyl groups is 1. The van der Waals surface area contributed by atoms with Crippen molar-refractivity contribution < 1.29 is 5.11 Å². The van der Waals surface area contributed by atoms with E-state index in [1.54, 1.807) is 29.1 Å². The second kappa shape index (κ2) is 6.93. The fraction of sp³-hybridized carbons (Fsp3) is 0.368. The summed E-state index contributed by atoms with van der Waals surface area (Å²) in [6, 6.07) is 7.22. The molecule has 3 aromatic heterocycles. The van der Waals surface area contributed by atoms with E-state index in [0.29, 0.717) is 25.2 Å². The van der Waals surface area contributed by atoms with Gasteiger partial charge in [0.2, 0.25) is 0 Å². The van der Waals surface area contributed by atoms with Crippen molar-refractivity contribution in [2.75, 3.05) is 13.1 Å². The molecule has 0 bridgehead atoms. The van der Waals surface area contributed by atoms with Gasteiger partial charge in [-0.05, 0) is 25.5 Å². The van der Waals surface area contributed by atoms with Crippen molar-refractivity contribution in [2.24, 2.45) is 5.92 Å². The third kappa shape index (κ3) is 3.36. The van der Waals surface area contributed by atoms with Crippen molar-refractivity contribution in [1.29, 1.82) is 0 Å². The molecule has 134 valence electrons. The topological polar surface area (TPSA) is 83.6 Å². The van der Waals surface area contributed by atoms with Gasteiger partial charge in [0.15, 0.2) is 0 Å². The lowest BCUT2D eigenvalue weighted by Gasteiger charge is -2.15. The van der Waals surface area contributed by atoms with Gasteiger partial charge >= 0.3 is 0 Å². The Morgan fingerprint density at radius 1 is 1.23 bits per heavy atom. The highest BCUT2D eigenvalue weighted by Crippen LogP contribution is 2.22. The maximum Gasteiger partial charge on any atom is 0.258 e. The highest BCUT2D eigenvalue weighted by Gasteiger charge is 2.31. The van der Waals surface area contributed by atoms with Gasteiger partial charge in [-0.15, -0.1) is 0 Å². The van der Waals surface area contributed by atoms with Crippen LogP contribution >= 0.6 is 0 Å². The van der Waals surface area contributed by atoms with Gasteiger partial charge in [0.25, 0.3) is 5.56 Å². The number of aryl methyl sites for hydroxylation is 1. The Labute approximate surface area is 151 Å². The number of fused-ring (bicyclic) bond motifs is 1. The molecule has 0 aliphatic carbocycles. The van der Waals surface area contributed by atoms with Crippen LogP contribution in [0.4, 0.5) is 0 Å². The molecule has 4 heterocycles. The summed E-state index contributed by atoms with van der Waals surface area (Å²) in [6.07, 6.45) is 5.33. The largest absolute Gasteiger partial charge is 0.391 e. The Bertz CT molecular complexity index is 973. The van der Waals surface area contributed by atoms with Gasteiger partial charge in [0.05, 0.1) is 17.5 Å². The van der Waals surface area contributed by atoms with Crippen LogP contribution in [0.3, 0.4) is 0 Å². The molecule has 4 rings (SSSR count). The van der Waals surface area contributed by atoms with Gasteiger partial charge in [-0.2, -0.15) is 0 Å². The number of nitrogens with zero attached hydrogens (tertiary/aromatic N) is 5. The van der Waals surface area contributed by atoms with Crippen molar-refractivity contribution in [2.45, 2.75) is 26.0 Å². The van der Waals surface area contributed by atoms with Gasteiger partial charge in [0, 0.05) is 55.9 Å². The number of hydrogen-bond donors (Lipinski definition) is 1. The predicted molar refractivity (Wildman–Crippen MR) is 96.7 cm³/mol. The van der Waals surface area contributed by atoms with Crippen LogP contribution in [0.5, 0.6) is 0 Å². The van der Waals surface area contributed by atoms with Gasteiger partial charge in [-0.25, -0.2) is 4.98 Å². The maximum atomic E-state index is 12.4. The zero-order chi connectivity index (χ0) is 18.1. The van der Waals surface area contributed by atoms with E-state index in [9.17, 15) is 9.90 Å². The summed E-state index contributed by atoms with van der Waals surface area (Å²) in [7, 11) is 0. The number of hydrogen-bond acceptors (Lipinski definition) is 6. The number of pyridine rings is 1. The molecule has 0 spiro atoms. The number of likely N-dealkylation sites (tertiary alicyclic amines) is 1. The molecule has 7 heteroatoms. The SMILES string of the molecule is Cc1cccc2nc(CN3C[C@@H](Cc4cnccn4)[C@H](O)C3)cc(=O)n12. The molecule has 2 atom stereocenters. The van der Waals surface area contributed by atoms with E-state index in [1.807, 2.05) is 25.1 Å². The number of β-amino-alcohol motifs (C(OH)–C–C–N with tert-alkyl or cyclic N) is 1. The van der Waals surface area contributed by atoms with Crippen LogP contribution in [0.1, 0.15) is 17.1 Å². The smallest absolute Gasteiger partial charge is 0.258 e. The molecule has 1 saturated heterocycles. The lowest BCUT2D eigenvalue weighted by Crippen LogP contribution is -2.24. The molecule has 0 radical (unpaired) electrons. The standard InChI is InChI=1S/C19H21N5O2/c1-13-3-2-4-18-22-16(8-19(26)24(13)18)11-23-10-14(17(25)12-23)7-15-9-20-5-6-21-15/h2-6,8-9,14,17,25H,7,10-12H2,1H3/t14-,17-/m1/s1. The van der Waals surface area contributed by atoms with E-state index in [4.69, 9.17) is 0 Å². The molecule has 1 N–H and O–H groups in total. The zero-order valence-corrected chi connectivity index (χ0v) is 14.6. The summed E-state index contributed by atoms with van der Waals surface area (Å²) in [5.41, 5.74) is 3.07. The lowest BCUT2D eigenvalue weighted by molar-refractivity contribution is 0.140. The Morgan fingerprint density at radius 3 is 2.92 bits per heavy atom. The third-order valence-electron chi connectivity index (χ3n) is 4.89. The van der Waals surface area contributed by atoms with Crippen LogP contribution in [-0.4, -0.2) is 48.6 Å². The average molecular weight is 351 g/mol.